The maximum Gasteiger partial charge on any atom is 0.0665 e. The monoisotopic (exact) mass is 150 g/mol. The molecule has 0 bridgehead atoms. The number of allylic oxidation sites excluding steroid dienone is 2. The zero-order chi connectivity index (χ0) is 8.85. The third-order valence-corrected chi connectivity index (χ3v) is 1.11. The summed E-state index contributed by atoms with van der Waals surface area (Å²) in [5.74, 6) is 0. The van der Waals surface area contributed by atoms with E-state index in [-0.39, 0.29) is 0 Å². The van der Waals surface area contributed by atoms with Crippen LogP contribution in [-0.4, -0.2) is 11.4 Å². The van der Waals surface area contributed by atoms with Gasteiger partial charge in [-0.2, -0.15) is 10.2 Å². The summed E-state index contributed by atoms with van der Waals surface area (Å²) in [6.45, 7) is 13.0. The second-order valence-corrected chi connectivity index (χ2v) is 2.46. The first-order valence-electron chi connectivity index (χ1n) is 3.45. The zero-order valence-corrected chi connectivity index (χ0v) is 7.39. The molecule has 0 N–H and O–H groups in total. The van der Waals surface area contributed by atoms with Crippen LogP contribution in [0.1, 0.15) is 20.8 Å². The Morgan fingerprint density at radius 3 is 2.09 bits per heavy atom. The minimum Gasteiger partial charge on any atom is -0.160 e. The van der Waals surface area contributed by atoms with Crippen molar-refractivity contribution < 1.29 is 0 Å². The van der Waals surface area contributed by atoms with Crippen molar-refractivity contribution in [3.05, 3.63) is 24.8 Å². The van der Waals surface area contributed by atoms with Gasteiger partial charge in [-0.15, -0.1) is 0 Å². The van der Waals surface area contributed by atoms with Gasteiger partial charge in [0.05, 0.1) is 5.71 Å². The van der Waals surface area contributed by atoms with Crippen molar-refractivity contribution in [3.8, 4) is 0 Å². The number of hydrogen-bond acceptors (Lipinski definition) is 2. The van der Waals surface area contributed by atoms with Crippen LogP contribution in [0.4, 0.5) is 0 Å². The summed E-state index contributed by atoms with van der Waals surface area (Å²) in [5, 5.41) is 7.82. The van der Waals surface area contributed by atoms with E-state index < -0.39 is 0 Å². The molecule has 0 aromatic rings. The molecule has 0 unspecified atom stereocenters. The highest BCUT2D eigenvalue weighted by Gasteiger charge is 1.90. The van der Waals surface area contributed by atoms with Crippen LogP contribution in [0.5, 0.6) is 0 Å². The van der Waals surface area contributed by atoms with Crippen molar-refractivity contribution in [2.24, 2.45) is 10.2 Å². The number of rotatable bonds is 3. The lowest BCUT2D eigenvalue weighted by Gasteiger charge is -1.94. The van der Waals surface area contributed by atoms with Crippen LogP contribution in [0.3, 0.4) is 0 Å². The van der Waals surface area contributed by atoms with E-state index >= 15 is 0 Å². The van der Waals surface area contributed by atoms with Gasteiger partial charge in [0.15, 0.2) is 0 Å². The highest BCUT2D eigenvalue weighted by atomic mass is 15.2. The standard InChI is InChI=1S/C9H14N2/c1-6-8(4)9(5)11-10-7(2)3/h6H,1,4H2,2-3,5H3. The summed E-state index contributed by atoms with van der Waals surface area (Å²) < 4.78 is 0. The maximum atomic E-state index is 3.93. The molecule has 0 spiro atoms. The summed E-state index contributed by atoms with van der Waals surface area (Å²) in [6.07, 6.45) is 1.67. The van der Waals surface area contributed by atoms with Crippen LogP contribution in [0.2, 0.25) is 0 Å². The Bertz CT molecular complexity index is 218. The molecule has 0 rings (SSSR count). The van der Waals surface area contributed by atoms with Crippen molar-refractivity contribution in [2.45, 2.75) is 20.8 Å². The fraction of sp³-hybridized carbons (Fsp3) is 0.333. The van der Waals surface area contributed by atoms with Crippen LogP contribution >= 0.6 is 0 Å². The Kier molecular flexibility index (Phi) is 4.11. The van der Waals surface area contributed by atoms with Gasteiger partial charge in [-0.25, -0.2) is 0 Å². The number of hydrogen-bond donors (Lipinski definition) is 0. The van der Waals surface area contributed by atoms with E-state index in [4.69, 9.17) is 0 Å². The Morgan fingerprint density at radius 1 is 1.18 bits per heavy atom. The van der Waals surface area contributed by atoms with E-state index in [0.29, 0.717) is 0 Å². The van der Waals surface area contributed by atoms with E-state index in [1.165, 1.54) is 0 Å². The van der Waals surface area contributed by atoms with E-state index in [0.717, 1.165) is 17.0 Å². The largest absolute Gasteiger partial charge is 0.160 e. The molecular formula is C9H14N2. The van der Waals surface area contributed by atoms with Gasteiger partial charge in [0.2, 0.25) is 0 Å². The molecular weight excluding hydrogens is 136 g/mol. The van der Waals surface area contributed by atoms with E-state index in [2.05, 4.69) is 23.4 Å². The molecule has 0 radical (unpaired) electrons. The Labute approximate surface area is 68.0 Å². The molecule has 0 saturated carbocycles. The quantitative estimate of drug-likeness (QED) is 0.335. The molecule has 2 heteroatoms. The van der Waals surface area contributed by atoms with E-state index in [1.54, 1.807) is 6.08 Å². The first-order chi connectivity index (χ1) is 5.07. The van der Waals surface area contributed by atoms with Crippen molar-refractivity contribution in [2.75, 3.05) is 0 Å². The lowest BCUT2D eigenvalue weighted by Crippen LogP contribution is -1.91. The van der Waals surface area contributed by atoms with Crippen LogP contribution in [0.25, 0.3) is 0 Å². The third-order valence-electron chi connectivity index (χ3n) is 1.11. The molecule has 0 amide bonds. The summed E-state index contributed by atoms with van der Waals surface area (Å²) in [5.41, 5.74) is 2.55. The normalized spacial score (nSPS) is 10.6. The smallest absolute Gasteiger partial charge is 0.0665 e. The summed E-state index contributed by atoms with van der Waals surface area (Å²) in [4.78, 5) is 0. The molecule has 60 valence electrons. The van der Waals surface area contributed by atoms with Gasteiger partial charge in [0.1, 0.15) is 0 Å². The lowest BCUT2D eigenvalue weighted by atomic mass is 10.2. The topological polar surface area (TPSA) is 24.7 Å². The van der Waals surface area contributed by atoms with E-state index in [9.17, 15) is 0 Å². The predicted molar refractivity (Wildman–Crippen MR) is 51.2 cm³/mol. The van der Waals surface area contributed by atoms with Gasteiger partial charge in [0, 0.05) is 5.71 Å². The minimum atomic E-state index is 0.807. The lowest BCUT2D eigenvalue weighted by molar-refractivity contribution is 1.21. The second-order valence-electron chi connectivity index (χ2n) is 2.46. The molecule has 0 atom stereocenters. The van der Waals surface area contributed by atoms with Gasteiger partial charge >= 0.3 is 0 Å². The average Bonchev–Trinajstić information content (AvgIpc) is 1.98. The first-order valence-corrected chi connectivity index (χ1v) is 3.45. The van der Waals surface area contributed by atoms with Crippen LogP contribution in [0, 0.1) is 0 Å². The Morgan fingerprint density at radius 2 is 1.73 bits per heavy atom. The second kappa shape index (κ2) is 4.61. The zero-order valence-electron chi connectivity index (χ0n) is 7.39. The van der Waals surface area contributed by atoms with Crippen LogP contribution in [0.15, 0.2) is 35.0 Å². The molecule has 0 fully saturated rings. The fourth-order valence-corrected chi connectivity index (χ4v) is 0.387. The van der Waals surface area contributed by atoms with Crippen molar-refractivity contribution in [1.82, 2.24) is 0 Å². The van der Waals surface area contributed by atoms with Gasteiger partial charge < -0.3 is 0 Å². The molecule has 0 aliphatic carbocycles. The Hall–Kier alpha value is -1.18. The Balaban J connectivity index is 4.34. The van der Waals surface area contributed by atoms with Crippen molar-refractivity contribution in [3.63, 3.8) is 0 Å². The molecule has 0 aromatic heterocycles. The van der Waals surface area contributed by atoms with Crippen LogP contribution < -0.4 is 0 Å². The predicted octanol–water partition coefficient (Wildman–Crippen LogP) is 2.59. The molecule has 0 aromatic carbocycles. The van der Waals surface area contributed by atoms with Gasteiger partial charge in [-0.3, -0.25) is 0 Å². The highest BCUT2D eigenvalue weighted by molar-refractivity contribution is 6.00. The SMILES string of the molecule is C=CC(=C)C(C)=NN=C(C)C. The third kappa shape index (κ3) is 4.25. The summed E-state index contributed by atoms with van der Waals surface area (Å²) in [6, 6.07) is 0. The maximum absolute atomic E-state index is 3.93. The average molecular weight is 150 g/mol. The van der Waals surface area contributed by atoms with Gasteiger partial charge in [0.25, 0.3) is 0 Å². The van der Waals surface area contributed by atoms with Crippen LogP contribution in [-0.2, 0) is 0 Å². The molecule has 2 nitrogen and oxygen atoms in total. The highest BCUT2D eigenvalue weighted by Crippen LogP contribution is 1.95. The summed E-state index contributed by atoms with van der Waals surface area (Å²) >= 11 is 0. The molecule has 0 heterocycles. The van der Waals surface area contributed by atoms with E-state index in [1.807, 2.05) is 20.8 Å². The van der Waals surface area contributed by atoms with Gasteiger partial charge in [-0.1, -0.05) is 19.2 Å². The minimum absolute atomic E-state index is 0.807. The summed E-state index contributed by atoms with van der Waals surface area (Å²) in [7, 11) is 0. The molecule has 0 aliphatic rings. The first kappa shape index (κ1) is 9.82. The molecule has 0 aliphatic heterocycles. The van der Waals surface area contributed by atoms with Crippen molar-refractivity contribution >= 4 is 11.4 Å². The molecule has 11 heavy (non-hydrogen) atoms. The van der Waals surface area contributed by atoms with Gasteiger partial charge in [-0.05, 0) is 26.3 Å². The molecule has 0 saturated heterocycles. The number of nitrogens with zero attached hydrogens (tertiary/aromatic N) is 2. The van der Waals surface area contributed by atoms with Crippen molar-refractivity contribution in [1.29, 1.82) is 0 Å². The fourth-order valence-electron chi connectivity index (χ4n) is 0.387.